The quantitative estimate of drug-likeness (QED) is 0.760. The van der Waals surface area contributed by atoms with Crippen LogP contribution in [0.2, 0.25) is 0 Å². The van der Waals surface area contributed by atoms with Gasteiger partial charge in [0.2, 0.25) is 0 Å². The molecule has 6 nitrogen and oxygen atoms in total. The molecule has 3 aliphatic rings. The summed E-state index contributed by atoms with van der Waals surface area (Å²) in [6.45, 7) is 0.628. The SMILES string of the molecule is O=C(O)C1CCN(S(=O)(=O)NC(C2CC2)C2CC2)CC1. The van der Waals surface area contributed by atoms with Crippen molar-refractivity contribution in [1.29, 1.82) is 0 Å². The highest BCUT2D eigenvalue weighted by Crippen LogP contribution is 2.44. The second kappa shape index (κ2) is 5.27. The molecular weight excluding hydrogens is 280 g/mol. The van der Waals surface area contributed by atoms with Crippen LogP contribution in [-0.2, 0) is 15.0 Å². The third kappa shape index (κ3) is 3.15. The number of hydrogen-bond acceptors (Lipinski definition) is 3. The Kier molecular flexibility index (Phi) is 3.77. The van der Waals surface area contributed by atoms with E-state index in [4.69, 9.17) is 5.11 Å². The van der Waals surface area contributed by atoms with Gasteiger partial charge in [-0.3, -0.25) is 4.79 Å². The number of carboxylic acids is 1. The lowest BCUT2D eigenvalue weighted by Crippen LogP contribution is -2.50. The highest BCUT2D eigenvalue weighted by Gasteiger charge is 2.44. The van der Waals surface area contributed by atoms with E-state index in [-0.39, 0.29) is 6.04 Å². The van der Waals surface area contributed by atoms with Crippen molar-refractivity contribution in [3.63, 3.8) is 0 Å². The van der Waals surface area contributed by atoms with Gasteiger partial charge in [0.25, 0.3) is 10.2 Å². The van der Waals surface area contributed by atoms with Crippen molar-refractivity contribution in [2.75, 3.05) is 13.1 Å². The van der Waals surface area contributed by atoms with E-state index in [0.717, 1.165) is 25.7 Å². The average Bonchev–Trinajstić information content (AvgIpc) is 3.29. The van der Waals surface area contributed by atoms with Gasteiger partial charge in [-0.2, -0.15) is 17.4 Å². The summed E-state index contributed by atoms with van der Waals surface area (Å²) in [4.78, 5) is 10.9. The fourth-order valence-electron chi connectivity index (χ4n) is 3.08. The first-order valence-electron chi connectivity index (χ1n) is 7.47. The molecule has 0 aromatic heterocycles. The van der Waals surface area contributed by atoms with Crippen LogP contribution in [0, 0.1) is 17.8 Å². The Labute approximate surface area is 119 Å². The lowest BCUT2D eigenvalue weighted by molar-refractivity contribution is -0.142. The number of rotatable bonds is 6. The van der Waals surface area contributed by atoms with Crippen molar-refractivity contribution in [1.82, 2.24) is 9.03 Å². The van der Waals surface area contributed by atoms with Crippen molar-refractivity contribution < 1.29 is 18.3 Å². The third-order valence-electron chi connectivity index (χ3n) is 4.69. The molecule has 0 unspecified atom stereocenters. The Morgan fingerprint density at radius 2 is 1.55 bits per heavy atom. The van der Waals surface area contributed by atoms with E-state index in [0.29, 0.717) is 37.8 Å². The molecule has 0 bridgehead atoms. The molecular formula is C13H22N2O4S. The predicted molar refractivity (Wildman–Crippen MR) is 73.2 cm³/mol. The van der Waals surface area contributed by atoms with Crippen molar-refractivity contribution in [3.8, 4) is 0 Å². The first kappa shape index (κ1) is 14.3. The Balaban J connectivity index is 1.59. The molecule has 2 saturated carbocycles. The van der Waals surface area contributed by atoms with Gasteiger partial charge in [-0.05, 0) is 50.4 Å². The van der Waals surface area contributed by atoms with Crippen LogP contribution >= 0.6 is 0 Å². The summed E-state index contributed by atoms with van der Waals surface area (Å²) in [6.07, 6.45) is 5.34. The summed E-state index contributed by atoms with van der Waals surface area (Å²) < 4.78 is 29.1. The molecule has 0 aromatic carbocycles. The zero-order valence-electron chi connectivity index (χ0n) is 11.5. The van der Waals surface area contributed by atoms with Crippen molar-refractivity contribution in [3.05, 3.63) is 0 Å². The van der Waals surface area contributed by atoms with Crippen LogP contribution in [0.3, 0.4) is 0 Å². The molecule has 3 rings (SSSR count). The van der Waals surface area contributed by atoms with Crippen LogP contribution in [0.5, 0.6) is 0 Å². The predicted octanol–water partition coefficient (Wildman–Crippen LogP) is 0.806. The van der Waals surface area contributed by atoms with Gasteiger partial charge in [-0.1, -0.05) is 0 Å². The number of hydrogen-bond donors (Lipinski definition) is 2. The van der Waals surface area contributed by atoms with Crippen LogP contribution in [0.4, 0.5) is 0 Å². The third-order valence-corrected chi connectivity index (χ3v) is 6.30. The molecule has 0 radical (unpaired) electrons. The molecule has 1 heterocycles. The maximum Gasteiger partial charge on any atom is 0.306 e. The Hall–Kier alpha value is -0.660. The van der Waals surface area contributed by atoms with E-state index in [1.807, 2.05) is 0 Å². The molecule has 2 N–H and O–H groups in total. The van der Waals surface area contributed by atoms with E-state index < -0.39 is 22.1 Å². The van der Waals surface area contributed by atoms with Crippen LogP contribution < -0.4 is 4.72 Å². The maximum atomic E-state index is 12.4. The average molecular weight is 302 g/mol. The summed E-state index contributed by atoms with van der Waals surface area (Å²) >= 11 is 0. The molecule has 2 aliphatic carbocycles. The first-order chi connectivity index (χ1) is 9.47. The fourth-order valence-corrected chi connectivity index (χ4v) is 4.65. The molecule has 7 heteroatoms. The Bertz CT molecular complexity index is 465. The normalized spacial score (nSPS) is 26.1. The lowest BCUT2D eigenvalue weighted by atomic mass is 9.99. The van der Waals surface area contributed by atoms with Crippen molar-refractivity contribution in [2.45, 2.75) is 44.6 Å². The minimum Gasteiger partial charge on any atom is -0.481 e. The number of nitrogens with zero attached hydrogens (tertiary/aromatic N) is 1. The Morgan fingerprint density at radius 3 is 1.95 bits per heavy atom. The molecule has 0 amide bonds. The summed E-state index contributed by atoms with van der Waals surface area (Å²) in [6, 6.07) is 0.109. The number of carbonyl (C=O) groups is 1. The van der Waals surface area contributed by atoms with Gasteiger partial charge in [0, 0.05) is 19.1 Å². The molecule has 0 atom stereocenters. The molecule has 1 aliphatic heterocycles. The highest BCUT2D eigenvalue weighted by atomic mass is 32.2. The van der Waals surface area contributed by atoms with Gasteiger partial charge in [0.15, 0.2) is 0 Å². The number of piperidine rings is 1. The molecule has 0 spiro atoms. The molecule has 20 heavy (non-hydrogen) atoms. The van der Waals surface area contributed by atoms with E-state index in [9.17, 15) is 13.2 Å². The molecule has 0 aromatic rings. The monoisotopic (exact) mass is 302 g/mol. The Morgan fingerprint density at radius 1 is 1.05 bits per heavy atom. The van der Waals surface area contributed by atoms with Gasteiger partial charge in [0.05, 0.1) is 5.92 Å². The van der Waals surface area contributed by atoms with Crippen molar-refractivity contribution >= 4 is 16.2 Å². The zero-order chi connectivity index (χ0) is 14.3. The standard InChI is InChI=1S/C13H22N2O4S/c16-13(17)11-5-7-15(8-6-11)20(18,19)14-12(9-1-2-9)10-3-4-10/h9-12,14H,1-8H2,(H,16,17). The minimum absolute atomic E-state index is 0.109. The molecule has 3 fully saturated rings. The minimum atomic E-state index is -3.45. The zero-order valence-corrected chi connectivity index (χ0v) is 12.3. The van der Waals surface area contributed by atoms with Gasteiger partial charge < -0.3 is 5.11 Å². The van der Waals surface area contributed by atoms with Gasteiger partial charge in [0.1, 0.15) is 0 Å². The van der Waals surface area contributed by atoms with E-state index >= 15 is 0 Å². The highest BCUT2D eigenvalue weighted by molar-refractivity contribution is 7.87. The van der Waals surface area contributed by atoms with Crippen LogP contribution in [-0.4, -0.2) is 42.9 Å². The van der Waals surface area contributed by atoms with E-state index in [1.165, 1.54) is 4.31 Å². The summed E-state index contributed by atoms with van der Waals surface area (Å²) in [5.74, 6) is -0.171. The number of aliphatic carboxylic acids is 1. The summed E-state index contributed by atoms with van der Waals surface area (Å²) in [5, 5.41) is 8.95. The van der Waals surface area contributed by atoms with E-state index in [2.05, 4.69) is 4.72 Å². The largest absolute Gasteiger partial charge is 0.481 e. The van der Waals surface area contributed by atoms with Gasteiger partial charge >= 0.3 is 5.97 Å². The summed E-state index contributed by atoms with van der Waals surface area (Å²) in [5.41, 5.74) is 0. The first-order valence-corrected chi connectivity index (χ1v) is 8.91. The lowest BCUT2D eigenvalue weighted by Gasteiger charge is -2.31. The van der Waals surface area contributed by atoms with Crippen LogP contribution in [0.15, 0.2) is 0 Å². The molecule has 114 valence electrons. The fraction of sp³-hybridized carbons (Fsp3) is 0.923. The van der Waals surface area contributed by atoms with Crippen molar-refractivity contribution in [2.24, 2.45) is 17.8 Å². The van der Waals surface area contributed by atoms with Gasteiger partial charge in [-0.15, -0.1) is 0 Å². The van der Waals surface area contributed by atoms with Gasteiger partial charge in [-0.25, -0.2) is 0 Å². The topological polar surface area (TPSA) is 86.7 Å². The second-order valence-electron chi connectivity index (χ2n) is 6.34. The van der Waals surface area contributed by atoms with Crippen LogP contribution in [0.25, 0.3) is 0 Å². The smallest absolute Gasteiger partial charge is 0.306 e. The summed E-state index contributed by atoms with van der Waals surface area (Å²) in [7, 11) is -3.45. The number of nitrogens with one attached hydrogen (secondary N) is 1. The number of carboxylic acid groups (broad SMARTS) is 1. The second-order valence-corrected chi connectivity index (χ2v) is 8.04. The van der Waals surface area contributed by atoms with E-state index in [1.54, 1.807) is 0 Å². The molecule has 1 saturated heterocycles. The van der Waals surface area contributed by atoms with Crippen LogP contribution in [0.1, 0.15) is 38.5 Å². The maximum absolute atomic E-state index is 12.4.